The largest absolute Gasteiger partial charge is 0.534 e. The number of halogens is 4. The van der Waals surface area contributed by atoms with E-state index in [0.29, 0.717) is 0 Å². The quantitative estimate of drug-likeness (QED) is 0.521. The van der Waals surface area contributed by atoms with E-state index in [1.807, 2.05) is 0 Å². The van der Waals surface area contributed by atoms with E-state index in [0.717, 1.165) is 30.4 Å². The van der Waals surface area contributed by atoms with E-state index in [-0.39, 0.29) is 10.6 Å². The number of rotatable bonds is 4. The lowest BCUT2D eigenvalue weighted by Gasteiger charge is -2.10. The minimum Gasteiger partial charge on any atom is -0.478 e. The molecule has 0 spiro atoms. The first-order chi connectivity index (χ1) is 9.03. The van der Waals surface area contributed by atoms with Crippen LogP contribution in [0.3, 0.4) is 0 Å². The van der Waals surface area contributed by atoms with Crippen molar-refractivity contribution in [3.05, 3.63) is 34.9 Å². The highest BCUT2D eigenvalue weighted by Crippen LogP contribution is 2.29. The standard InChI is InChI=1S/C10H6ClF3O5S/c11-8-5-7(19-20(17,18)10(12,13)14)3-1-6(8)2-4-9(15)16/h1-5H,(H,15,16)/b4-2+. The van der Waals surface area contributed by atoms with Gasteiger partial charge in [-0.3, -0.25) is 0 Å². The fourth-order valence-electron chi connectivity index (χ4n) is 1.03. The number of carboxylic acid groups (broad SMARTS) is 1. The number of benzene rings is 1. The number of alkyl halides is 3. The molecule has 1 rings (SSSR count). The van der Waals surface area contributed by atoms with Gasteiger partial charge >= 0.3 is 21.6 Å². The van der Waals surface area contributed by atoms with Gasteiger partial charge in [0, 0.05) is 12.1 Å². The Hall–Kier alpha value is -1.74. The van der Waals surface area contributed by atoms with Crippen LogP contribution in [0, 0.1) is 0 Å². The molecule has 10 heteroatoms. The third kappa shape index (κ3) is 4.14. The zero-order chi connectivity index (χ0) is 15.6. The van der Waals surface area contributed by atoms with E-state index in [9.17, 15) is 26.4 Å². The molecule has 0 aliphatic rings. The molecule has 0 heterocycles. The van der Waals surface area contributed by atoms with Crippen LogP contribution in [0.25, 0.3) is 6.08 Å². The lowest BCUT2D eigenvalue weighted by Crippen LogP contribution is -2.28. The van der Waals surface area contributed by atoms with Crippen LogP contribution in [0.2, 0.25) is 5.02 Å². The van der Waals surface area contributed by atoms with E-state index in [4.69, 9.17) is 16.7 Å². The Morgan fingerprint density at radius 1 is 1.35 bits per heavy atom. The van der Waals surface area contributed by atoms with Crippen molar-refractivity contribution in [1.29, 1.82) is 0 Å². The van der Waals surface area contributed by atoms with Crippen molar-refractivity contribution in [2.24, 2.45) is 0 Å². The molecule has 0 aliphatic heterocycles. The molecule has 0 aliphatic carbocycles. The topological polar surface area (TPSA) is 80.7 Å². The van der Waals surface area contributed by atoms with E-state index in [2.05, 4.69) is 4.18 Å². The van der Waals surface area contributed by atoms with Crippen molar-refractivity contribution < 1.29 is 35.7 Å². The molecule has 0 fully saturated rings. The summed E-state index contributed by atoms with van der Waals surface area (Å²) in [7, 11) is -5.78. The number of carbonyl (C=O) groups is 1. The van der Waals surface area contributed by atoms with Crippen LogP contribution in [-0.4, -0.2) is 25.0 Å². The first kappa shape index (κ1) is 16.3. The summed E-state index contributed by atoms with van der Waals surface area (Å²) in [6.07, 6.45) is 1.85. The highest BCUT2D eigenvalue weighted by Gasteiger charge is 2.48. The molecule has 0 atom stereocenters. The molecule has 0 unspecified atom stereocenters. The molecule has 20 heavy (non-hydrogen) atoms. The molecule has 0 saturated heterocycles. The normalized spacial score (nSPS) is 12.6. The van der Waals surface area contributed by atoms with Gasteiger partial charge in [0.2, 0.25) is 0 Å². The Bertz CT molecular complexity index is 651. The van der Waals surface area contributed by atoms with Crippen LogP contribution < -0.4 is 4.18 Å². The molecule has 0 aromatic heterocycles. The maximum absolute atomic E-state index is 12.1. The Morgan fingerprint density at radius 2 is 1.95 bits per heavy atom. The predicted molar refractivity (Wildman–Crippen MR) is 63.7 cm³/mol. The molecule has 0 radical (unpaired) electrons. The number of aliphatic carboxylic acids is 1. The van der Waals surface area contributed by atoms with Gasteiger partial charge in [0.1, 0.15) is 5.75 Å². The second-order valence-corrected chi connectivity index (χ2v) is 5.28. The first-order valence-electron chi connectivity index (χ1n) is 4.74. The summed E-state index contributed by atoms with van der Waals surface area (Å²) < 4.78 is 61.6. The van der Waals surface area contributed by atoms with Crippen LogP contribution in [0.15, 0.2) is 24.3 Å². The maximum atomic E-state index is 12.1. The molecule has 0 amide bonds. The summed E-state index contributed by atoms with van der Waals surface area (Å²) in [4.78, 5) is 10.3. The molecule has 0 bridgehead atoms. The van der Waals surface area contributed by atoms with Crippen molar-refractivity contribution in [2.75, 3.05) is 0 Å². The van der Waals surface area contributed by atoms with Gasteiger partial charge in [-0.2, -0.15) is 21.6 Å². The van der Waals surface area contributed by atoms with Gasteiger partial charge < -0.3 is 9.29 Å². The van der Waals surface area contributed by atoms with Crippen LogP contribution in [0.5, 0.6) is 5.75 Å². The van der Waals surface area contributed by atoms with Gasteiger partial charge in [0.15, 0.2) is 0 Å². The lowest BCUT2D eigenvalue weighted by molar-refractivity contribution is -0.131. The maximum Gasteiger partial charge on any atom is 0.534 e. The third-order valence-electron chi connectivity index (χ3n) is 1.87. The summed E-state index contributed by atoms with van der Waals surface area (Å²) in [5, 5.41) is 8.23. The third-order valence-corrected chi connectivity index (χ3v) is 3.17. The van der Waals surface area contributed by atoms with Crippen LogP contribution >= 0.6 is 11.6 Å². The van der Waals surface area contributed by atoms with Gasteiger partial charge in [-0.1, -0.05) is 11.6 Å². The van der Waals surface area contributed by atoms with E-state index >= 15 is 0 Å². The number of hydrogen-bond acceptors (Lipinski definition) is 4. The SMILES string of the molecule is O=C(O)/C=C/c1ccc(OS(=O)(=O)C(F)(F)F)cc1Cl. The van der Waals surface area contributed by atoms with Crippen molar-refractivity contribution in [3.8, 4) is 5.75 Å². The van der Waals surface area contributed by atoms with E-state index < -0.39 is 27.3 Å². The fourth-order valence-corrected chi connectivity index (χ4v) is 1.71. The average Bonchev–Trinajstić information content (AvgIpc) is 2.25. The Balaban J connectivity index is 3.03. The smallest absolute Gasteiger partial charge is 0.478 e. The van der Waals surface area contributed by atoms with E-state index in [1.54, 1.807) is 0 Å². The highest BCUT2D eigenvalue weighted by molar-refractivity contribution is 7.88. The minimum absolute atomic E-state index is 0.169. The highest BCUT2D eigenvalue weighted by atomic mass is 35.5. The molecular formula is C10H6ClF3O5S. The second-order valence-electron chi connectivity index (χ2n) is 3.34. The summed E-state index contributed by atoms with van der Waals surface area (Å²) >= 11 is 5.66. The van der Waals surface area contributed by atoms with Crippen LogP contribution in [-0.2, 0) is 14.9 Å². The fraction of sp³-hybridized carbons (Fsp3) is 0.100. The summed E-state index contributed by atoms with van der Waals surface area (Å²) in [5.41, 5.74) is -5.38. The van der Waals surface area contributed by atoms with Crippen molar-refractivity contribution in [3.63, 3.8) is 0 Å². The van der Waals surface area contributed by atoms with Gasteiger partial charge in [-0.15, -0.1) is 0 Å². The Kier molecular flexibility index (Phi) is 4.66. The van der Waals surface area contributed by atoms with Gasteiger partial charge in [0.25, 0.3) is 0 Å². The molecule has 1 aromatic rings. The lowest BCUT2D eigenvalue weighted by atomic mass is 10.2. The summed E-state index contributed by atoms with van der Waals surface area (Å²) in [6.45, 7) is 0. The van der Waals surface area contributed by atoms with Crippen molar-refractivity contribution in [1.82, 2.24) is 0 Å². The zero-order valence-corrected chi connectivity index (χ0v) is 11.0. The Labute approximate surface area is 116 Å². The van der Waals surface area contributed by atoms with Gasteiger partial charge in [-0.25, -0.2) is 4.79 Å². The average molecular weight is 331 g/mol. The first-order valence-corrected chi connectivity index (χ1v) is 6.53. The second kappa shape index (κ2) is 5.71. The van der Waals surface area contributed by atoms with Crippen LogP contribution in [0.4, 0.5) is 13.2 Å². The predicted octanol–water partition coefficient (Wildman–Crippen LogP) is 2.67. The zero-order valence-electron chi connectivity index (χ0n) is 9.39. The molecule has 110 valence electrons. The van der Waals surface area contributed by atoms with Gasteiger partial charge in [-0.05, 0) is 23.8 Å². The molecule has 1 N–H and O–H groups in total. The summed E-state index contributed by atoms with van der Waals surface area (Å²) in [5.74, 6) is -1.89. The molecule has 5 nitrogen and oxygen atoms in total. The Morgan fingerprint density at radius 3 is 2.40 bits per heavy atom. The summed E-state index contributed by atoms with van der Waals surface area (Å²) in [6, 6.07) is 2.85. The van der Waals surface area contributed by atoms with Crippen molar-refractivity contribution in [2.45, 2.75) is 5.51 Å². The molecule has 1 aromatic carbocycles. The molecule has 0 saturated carbocycles. The monoisotopic (exact) mass is 330 g/mol. The van der Waals surface area contributed by atoms with Crippen molar-refractivity contribution >= 4 is 33.8 Å². The number of carboxylic acids is 1. The minimum atomic E-state index is -5.78. The van der Waals surface area contributed by atoms with Crippen LogP contribution in [0.1, 0.15) is 5.56 Å². The van der Waals surface area contributed by atoms with E-state index in [1.165, 1.54) is 0 Å². The molecular weight excluding hydrogens is 325 g/mol. The van der Waals surface area contributed by atoms with Gasteiger partial charge in [0.05, 0.1) is 5.02 Å². The number of hydrogen-bond donors (Lipinski definition) is 1.